The first-order chi connectivity index (χ1) is 8.98. The third kappa shape index (κ3) is 1.95. The Morgan fingerprint density at radius 1 is 1.20 bits per heavy atom. The van der Waals surface area contributed by atoms with Crippen molar-refractivity contribution in [3.8, 4) is 0 Å². The number of allylic oxidation sites excluding steroid dienone is 2. The zero-order chi connectivity index (χ0) is 15.3. The summed E-state index contributed by atoms with van der Waals surface area (Å²) in [7, 11) is 0. The second-order valence-corrected chi connectivity index (χ2v) is 4.18. The molecule has 0 fully saturated rings. The number of halogens is 6. The van der Waals surface area contributed by atoms with Crippen molar-refractivity contribution in [2.24, 2.45) is 4.99 Å². The highest BCUT2D eigenvalue weighted by Crippen LogP contribution is 2.45. The minimum absolute atomic E-state index is 0.368. The van der Waals surface area contributed by atoms with E-state index in [1.165, 1.54) is 13.0 Å². The third-order valence-corrected chi connectivity index (χ3v) is 2.70. The van der Waals surface area contributed by atoms with Crippen molar-refractivity contribution < 1.29 is 31.1 Å². The summed E-state index contributed by atoms with van der Waals surface area (Å²) in [5.41, 5.74) is -4.27. The molecule has 10 heteroatoms. The molecule has 2 amide bonds. The van der Waals surface area contributed by atoms with Crippen LogP contribution in [-0.4, -0.2) is 34.8 Å². The highest BCUT2D eigenvalue weighted by molar-refractivity contribution is 6.08. The Hall–Kier alpha value is -2.00. The highest BCUT2D eigenvalue weighted by Gasteiger charge is 2.74. The number of carbonyl (C=O) groups excluding carboxylic acids is 1. The van der Waals surface area contributed by atoms with E-state index in [4.69, 9.17) is 0 Å². The molecule has 0 atom stereocenters. The standard InChI is InChI=1S/C10H7F6N3O/c1-5-2-3-19-6(4-5)17-8(9(11,12)13,10(14,15)16)18-7(19)20/h2-4H,1H3,(H,18,20). The molecule has 0 aromatic carbocycles. The van der Waals surface area contributed by atoms with Crippen molar-refractivity contribution in [3.63, 3.8) is 0 Å². The fourth-order valence-electron chi connectivity index (χ4n) is 1.69. The molecule has 0 bridgehead atoms. The summed E-state index contributed by atoms with van der Waals surface area (Å²) >= 11 is 0. The zero-order valence-electron chi connectivity index (χ0n) is 9.80. The number of nitrogens with zero attached hydrogens (tertiary/aromatic N) is 2. The van der Waals surface area contributed by atoms with Crippen molar-refractivity contribution in [1.29, 1.82) is 0 Å². The molecule has 0 saturated heterocycles. The normalized spacial score (nSPS) is 21.9. The lowest BCUT2D eigenvalue weighted by molar-refractivity contribution is -0.302. The highest BCUT2D eigenvalue weighted by atomic mass is 19.4. The van der Waals surface area contributed by atoms with E-state index in [-0.39, 0.29) is 0 Å². The van der Waals surface area contributed by atoms with E-state index >= 15 is 0 Å². The van der Waals surface area contributed by atoms with Crippen LogP contribution in [0.1, 0.15) is 6.92 Å². The van der Waals surface area contributed by atoms with Crippen LogP contribution < -0.4 is 5.32 Å². The van der Waals surface area contributed by atoms with E-state index < -0.39 is 29.9 Å². The predicted octanol–water partition coefficient (Wildman–Crippen LogP) is 2.70. The zero-order valence-corrected chi connectivity index (χ0v) is 9.80. The van der Waals surface area contributed by atoms with E-state index in [0.29, 0.717) is 10.5 Å². The van der Waals surface area contributed by atoms with E-state index in [1.54, 1.807) is 0 Å². The number of hydrogen-bond acceptors (Lipinski definition) is 2. The number of hydrogen-bond donors (Lipinski definition) is 1. The molecule has 2 heterocycles. The van der Waals surface area contributed by atoms with Crippen molar-refractivity contribution in [3.05, 3.63) is 23.9 Å². The van der Waals surface area contributed by atoms with Gasteiger partial charge in [0.25, 0.3) is 0 Å². The summed E-state index contributed by atoms with van der Waals surface area (Å²) in [6, 6.07) is -1.55. The first-order valence-electron chi connectivity index (χ1n) is 5.19. The number of urea groups is 1. The van der Waals surface area contributed by atoms with E-state index in [2.05, 4.69) is 4.99 Å². The lowest BCUT2D eigenvalue weighted by Gasteiger charge is -2.40. The first-order valence-corrected chi connectivity index (χ1v) is 5.19. The third-order valence-electron chi connectivity index (χ3n) is 2.70. The van der Waals surface area contributed by atoms with Gasteiger partial charge in [-0.05, 0) is 24.6 Å². The molecule has 2 aliphatic rings. The van der Waals surface area contributed by atoms with E-state index in [9.17, 15) is 31.1 Å². The molecule has 0 unspecified atom stereocenters. The van der Waals surface area contributed by atoms with Crippen molar-refractivity contribution in [2.75, 3.05) is 0 Å². The van der Waals surface area contributed by atoms with Gasteiger partial charge in [0.15, 0.2) is 0 Å². The van der Waals surface area contributed by atoms with Gasteiger partial charge >= 0.3 is 24.0 Å². The number of amides is 2. The van der Waals surface area contributed by atoms with Gasteiger partial charge in [0.2, 0.25) is 0 Å². The maximum Gasteiger partial charge on any atom is 0.441 e. The van der Waals surface area contributed by atoms with Crippen molar-refractivity contribution in [2.45, 2.75) is 24.9 Å². The summed E-state index contributed by atoms with van der Waals surface area (Å²) in [6.45, 7) is 1.45. The Balaban J connectivity index is 2.65. The fraction of sp³-hybridized carbons (Fsp3) is 0.400. The predicted molar refractivity (Wildman–Crippen MR) is 55.5 cm³/mol. The first kappa shape index (κ1) is 14.4. The van der Waals surface area contributed by atoms with Crippen LogP contribution in [0.4, 0.5) is 31.1 Å². The Morgan fingerprint density at radius 2 is 1.75 bits per heavy atom. The second-order valence-electron chi connectivity index (χ2n) is 4.18. The van der Waals surface area contributed by atoms with Crippen LogP contribution in [0.3, 0.4) is 0 Å². The molecule has 110 valence electrons. The molecule has 4 nitrogen and oxygen atoms in total. The minimum Gasteiger partial charge on any atom is -0.297 e. The Bertz CT molecular complexity index is 528. The maximum absolute atomic E-state index is 12.8. The molecule has 0 aliphatic carbocycles. The van der Waals surface area contributed by atoms with Crippen LogP contribution in [-0.2, 0) is 0 Å². The van der Waals surface area contributed by atoms with Gasteiger partial charge in [0, 0.05) is 6.20 Å². The smallest absolute Gasteiger partial charge is 0.297 e. The summed E-state index contributed by atoms with van der Waals surface area (Å²) in [5, 5.41) is 0.893. The minimum atomic E-state index is -5.82. The average molecular weight is 299 g/mol. The van der Waals surface area contributed by atoms with Gasteiger partial charge in [-0.25, -0.2) is 9.79 Å². The molecule has 1 N–H and O–H groups in total. The molecule has 2 rings (SSSR count). The number of rotatable bonds is 0. The lowest BCUT2D eigenvalue weighted by Crippen LogP contribution is -2.71. The van der Waals surface area contributed by atoms with Gasteiger partial charge in [-0.2, -0.15) is 26.3 Å². The van der Waals surface area contributed by atoms with Crippen LogP contribution in [0, 0.1) is 0 Å². The summed E-state index contributed by atoms with van der Waals surface area (Å²) in [5.74, 6) is -0.719. The summed E-state index contributed by atoms with van der Waals surface area (Å²) in [6.07, 6.45) is -8.27. The molecule has 20 heavy (non-hydrogen) atoms. The number of alkyl halides is 6. The van der Waals surface area contributed by atoms with Gasteiger partial charge in [0.05, 0.1) is 0 Å². The summed E-state index contributed by atoms with van der Waals surface area (Å²) < 4.78 is 76.9. The van der Waals surface area contributed by atoms with Crippen molar-refractivity contribution >= 4 is 11.9 Å². The maximum atomic E-state index is 12.8. The Labute approximate surface area is 108 Å². The van der Waals surface area contributed by atoms with E-state index in [1.807, 2.05) is 0 Å². The quantitative estimate of drug-likeness (QED) is 0.687. The largest absolute Gasteiger partial charge is 0.441 e. The van der Waals surface area contributed by atoms with Gasteiger partial charge in [-0.1, -0.05) is 0 Å². The van der Waals surface area contributed by atoms with Gasteiger partial charge in [-0.3, -0.25) is 10.2 Å². The Morgan fingerprint density at radius 3 is 2.25 bits per heavy atom. The molecular formula is C10H7F6N3O. The second kappa shape index (κ2) is 4.00. The van der Waals surface area contributed by atoms with Gasteiger partial charge in [-0.15, -0.1) is 0 Å². The molecule has 2 aliphatic heterocycles. The topological polar surface area (TPSA) is 44.7 Å². The van der Waals surface area contributed by atoms with Crippen LogP contribution in [0.25, 0.3) is 0 Å². The Kier molecular flexibility index (Phi) is 2.88. The SMILES string of the molecule is CC1=CC2=NC(C(F)(F)F)(C(F)(F)F)NC(=O)N2C=C1. The van der Waals surface area contributed by atoms with Crippen LogP contribution in [0.5, 0.6) is 0 Å². The fourth-order valence-corrected chi connectivity index (χ4v) is 1.69. The molecule has 0 spiro atoms. The van der Waals surface area contributed by atoms with Gasteiger partial charge < -0.3 is 0 Å². The number of fused-ring (bicyclic) bond motifs is 1. The molecular weight excluding hydrogens is 292 g/mol. The monoisotopic (exact) mass is 299 g/mol. The van der Waals surface area contributed by atoms with Gasteiger partial charge in [0.1, 0.15) is 5.84 Å². The van der Waals surface area contributed by atoms with Crippen LogP contribution in [0.15, 0.2) is 28.9 Å². The number of carbonyl (C=O) groups is 1. The van der Waals surface area contributed by atoms with Crippen LogP contribution >= 0.6 is 0 Å². The molecule has 0 saturated carbocycles. The van der Waals surface area contributed by atoms with Crippen molar-refractivity contribution in [1.82, 2.24) is 10.2 Å². The molecule has 0 aromatic rings. The van der Waals surface area contributed by atoms with E-state index in [0.717, 1.165) is 17.6 Å². The molecule has 0 radical (unpaired) electrons. The number of aliphatic imine (C=N–C) groups is 1. The number of amidine groups is 1. The van der Waals surface area contributed by atoms with Crippen LogP contribution in [0.2, 0.25) is 0 Å². The average Bonchev–Trinajstić information content (AvgIpc) is 2.24. The summed E-state index contributed by atoms with van der Waals surface area (Å²) in [4.78, 5) is 14.8. The molecule has 0 aromatic heterocycles. The number of nitrogens with one attached hydrogen (secondary N) is 1. The lowest BCUT2D eigenvalue weighted by atomic mass is 10.1.